The molecule has 1 fully saturated rings. The molecule has 1 saturated heterocycles. The molecule has 3 aromatic carbocycles. The van der Waals surface area contributed by atoms with Crippen LogP contribution >= 0.6 is 0 Å². The van der Waals surface area contributed by atoms with Gasteiger partial charge in [-0.25, -0.2) is 9.48 Å². The summed E-state index contributed by atoms with van der Waals surface area (Å²) in [5.74, 6) is -0.753. The zero-order chi connectivity index (χ0) is 23.3. The minimum atomic E-state index is -0.747. The highest BCUT2D eigenvalue weighted by atomic mass is 16.7. The third kappa shape index (κ3) is 4.66. The summed E-state index contributed by atoms with van der Waals surface area (Å²) in [6.45, 7) is 0.113. The third-order valence-corrected chi connectivity index (χ3v) is 5.49. The van der Waals surface area contributed by atoms with E-state index in [0.29, 0.717) is 16.8 Å². The van der Waals surface area contributed by atoms with Crippen LogP contribution in [0.3, 0.4) is 0 Å². The molecule has 2 heterocycles. The molecular formula is C27H22N2O5. The molecule has 7 nitrogen and oxygen atoms in total. The van der Waals surface area contributed by atoms with Crippen molar-refractivity contribution in [2.24, 2.45) is 0 Å². The molecule has 5 rings (SSSR count). The lowest BCUT2D eigenvalue weighted by atomic mass is 10.1. The molecule has 0 aliphatic carbocycles. The molecule has 7 heteroatoms. The SMILES string of the molecule is O=C(OC1COC(c2ccccc2)OC1c1ccn(C(=O)c2ccccc2)n1)c1ccccc1. The number of esters is 1. The standard InChI is InChI=1S/C27H22N2O5/c30-25(19-10-4-1-5-11-19)29-17-16-22(28-29)24-23(33-26(31)20-12-6-2-7-13-20)18-32-27(34-24)21-14-8-3-9-15-21/h1-17,23-24,27H,18H2. The van der Waals surface area contributed by atoms with Crippen molar-refractivity contribution < 1.29 is 23.8 Å². The number of benzene rings is 3. The molecule has 1 aliphatic rings. The Morgan fingerprint density at radius 1 is 0.824 bits per heavy atom. The molecule has 0 amide bonds. The van der Waals surface area contributed by atoms with Crippen LogP contribution in [0.4, 0.5) is 0 Å². The van der Waals surface area contributed by atoms with Crippen LogP contribution in [0.25, 0.3) is 0 Å². The van der Waals surface area contributed by atoms with E-state index in [4.69, 9.17) is 14.2 Å². The van der Waals surface area contributed by atoms with Crippen molar-refractivity contribution in [2.75, 3.05) is 6.61 Å². The number of nitrogens with zero attached hydrogens (tertiary/aromatic N) is 2. The van der Waals surface area contributed by atoms with Crippen molar-refractivity contribution >= 4 is 11.9 Å². The Balaban J connectivity index is 1.41. The summed E-state index contributed by atoms with van der Waals surface area (Å²) in [4.78, 5) is 25.5. The largest absolute Gasteiger partial charge is 0.453 e. The Morgan fingerprint density at radius 2 is 1.44 bits per heavy atom. The minimum absolute atomic E-state index is 0.113. The van der Waals surface area contributed by atoms with Crippen molar-refractivity contribution in [3.8, 4) is 0 Å². The van der Waals surface area contributed by atoms with E-state index in [1.807, 2.05) is 42.5 Å². The van der Waals surface area contributed by atoms with Crippen LogP contribution in [0.2, 0.25) is 0 Å². The third-order valence-electron chi connectivity index (χ3n) is 5.49. The normalized spacial score (nSPS) is 19.9. The van der Waals surface area contributed by atoms with E-state index in [2.05, 4.69) is 5.10 Å². The Morgan fingerprint density at radius 3 is 2.12 bits per heavy atom. The molecule has 0 N–H and O–H groups in total. The van der Waals surface area contributed by atoms with Crippen LogP contribution in [0.5, 0.6) is 0 Å². The zero-order valence-corrected chi connectivity index (χ0v) is 18.2. The van der Waals surface area contributed by atoms with E-state index in [1.54, 1.807) is 60.8 Å². The predicted molar refractivity (Wildman–Crippen MR) is 123 cm³/mol. The average molecular weight is 454 g/mol. The summed E-state index contributed by atoms with van der Waals surface area (Å²) in [6.07, 6.45) is -0.552. The summed E-state index contributed by atoms with van der Waals surface area (Å²) in [6, 6.07) is 28.8. The van der Waals surface area contributed by atoms with Crippen molar-refractivity contribution in [3.63, 3.8) is 0 Å². The van der Waals surface area contributed by atoms with E-state index in [0.717, 1.165) is 5.56 Å². The van der Waals surface area contributed by atoms with Crippen LogP contribution < -0.4 is 0 Å². The van der Waals surface area contributed by atoms with Gasteiger partial charge in [0.1, 0.15) is 6.10 Å². The minimum Gasteiger partial charge on any atom is -0.453 e. The maximum Gasteiger partial charge on any atom is 0.338 e. The number of ether oxygens (including phenoxy) is 3. The van der Waals surface area contributed by atoms with Gasteiger partial charge in [-0.05, 0) is 30.3 Å². The number of rotatable bonds is 5. The van der Waals surface area contributed by atoms with Gasteiger partial charge in [0.05, 0.1) is 17.9 Å². The van der Waals surface area contributed by atoms with Gasteiger partial charge in [-0.1, -0.05) is 66.7 Å². The maximum atomic E-state index is 12.8. The molecule has 3 atom stereocenters. The Hall–Kier alpha value is -4.07. The molecule has 4 aromatic rings. The van der Waals surface area contributed by atoms with E-state index < -0.39 is 24.5 Å². The first-order valence-corrected chi connectivity index (χ1v) is 10.9. The highest BCUT2D eigenvalue weighted by Gasteiger charge is 2.38. The van der Waals surface area contributed by atoms with E-state index in [1.165, 1.54) is 4.68 Å². The second-order valence-corrected chi connectivity index (χ2v) is 7.80. The van der Waals surface area contributed by atoms with Crippen LogP contribution in [-0.4, -0.2) is 34.4 Å². The maximum absolute atomic E-state index is 12.8. The topological polar surface area (TPSA) is 79.7 Å². The van der Waals surface area contributed by atoms with Crippen LogP contribution in [-0.2, 0) is 14.2 Å². The van der Waals surface area contributed by atoms with Gasteiger partial charge < -0.3 is 14.2 Å². The first-order valence-electron chi connectivity index (χ1n) is 10.9. The summed E-state index contributed by atoms with van der Waals surface area (Å²) in [5, 5.41) is 4.46. The van der Waals surface area contributed by atoms with Crippen LogP contribution in [0.1, 0.15) is 44.4 Å². The van der Waals surface area contributed by atoms with Crippen LogP contribution in [0, 0.1) is 0 Å². The van der Waals surface area contributed by atoms with Gasteiger partial charge in [0, 0.05) is 17.3 Å². The van der Waals surface area contributed by atoms with Crippen molar-refractivity contribution in [2.45, 2.75) is 18.5 Å². The molecule has 0 saturated carbocycles. The van der Waals surface area contributed by atoms with Gasteiger partial charge in [0.15, 0.2) is 12.4 Å². The number of carbonyl (C=O) groups excluding carboxylic acids is 2. The number of carbonyl (C=O) groups is 2. The monoisotopic (exact) mass is 454 g/mol. The second kappa shape index (κ2) is 9.82. The highest BCUT2D eigenvalue weighted by Crippen LogP contribution is 2.36. The van der Waals surface area contributed by atoms with Crippen molar-refractivity contribution in [3.05, 3.63) is 126 Å². The lowest BCUT2D eigenvalue weighted by Crippen LogP contribution is -2.38. The second-order valence-electron chi connectivity index (χ2n) is 7.80. The smallest absolute Gasteiger partial charge is 0.338 e. The quantitative estimate of drug-likeness (QED) is 0.411. The van der Waals surface area contributed by atoms with Crippen molar-refractivity contribution in [1.82, 2.24) is 9.78 Å². The summed E-state index contributed by atoms with van der Waals surface area (Å²) in [5.41, 5.74) is 2.25. The molecule has 3 unspecified atom stereocenters. The first-order chi connectivity index (χ1) is 16.7. The Kier molecular flexibility index (Phi) is 6.29. The summed E-state index contributed by atoms with van der Waals surface area (Å²) < 4.78 is 19.1. The molecule has 0 bridgehead atoms. The fourth-order valence-corrected chi connectivity index (χ4v) is 3.77. The zero-order valence-electron chi connectivity index (χ0n) is 18.2. The average Bonchev–Trinajstić information content (AvgIpc) is 3.40. The molecule has 1 aromatic heterocycles. The molecule has 1 aliphatic heterocycles. The number of aromatic nitrogens is 2. The molecule has 34 heavy (non-hydrogen) atoms. The van der Waals surface area contributed by atoms with Gasteiger partial charge >= 0.3 is 5.97 Å². The molecule has 0 spiro atoms. The lowest BCUT2D eigenvalue weighted by molar-refractivity contribution is -0.260. The van der Waals surface area contributed by atoms with E-state index >= 15 is 0 Å². The number of hydrogen-bond acceptors (Lipinski definition) is 6. The van der Waals surface area contributed by atoms with Gasteiger partial charge in [0.2, 0.25) is 0 Å². The molecule has 0 radical (unpaired) electrons. The Bertz CT molecular complexity index is 1260. The fourth-order valence-electron chi connectivity index (χ4n) is 3.77. The van der Waals surface area contributed by atoms with Crippen molar-refractivity contribution in [1.29, 1.82) is 0 Å². The molecular weight excluding hydrogens is 432 g/mol. The van der Waals surface area contributed by atoms with Gasteiger partial charge in [-0.15, -0.1) is 0 Å². The fraction of sp³-hybridized carbons (Fsp3) is 0.148. The van der Waals surface area contributed by atoms with Gasteiger partial charge in [-0.2, -0.15) is 5.10 Å². The van der Waals surface area contributed by atoms with Gasteiger partial charge in [-0.3, -0.25) is 4.79 Å². The predicted octanol–water partition coefficient (Wildman–Crippen LogP) is 4.58. The van der Waals surface area contributed by atoms with E-state index in [9.17, 15) is 9.59 Å². The highest BCUT2D eigenvalue weighted by molar-refractivity contribution is 5.95. The summed E-state index contributed by atoms with van der Waals surface area (Å²) >= 11 is 0. The summed E-state index contributed by atoms with van der Waals surface area (Å²) in [7, 11) is 0. The number of hydrogen-bond donors (Lipinski definition) is 0. The van der Waals surface area contributed by atoms with Gasteiger partial charge in [0.25, 0.3) is 5.91 Å². The molecule has 170 valence electrons. The lowest BCUT2D eigenvalue weighted by Gasteiger charge is -2.35. The Labute approximate surface area is 196 Å². The van der Waals surface area contributed by atoms with E-state index in [-0.39, 0.29) is 12.5 Å². The first kappa shape index (κ1) is 21.8. The van der Waals surface area contributed by atoms with Crippen LogP contribution in [0.15, 0.2) is 103 Å².